The monoisotopic (exact) mass is 139 g/mol. The average molecular weight is 139 g/mol. The highest BCUT2D eigenvalue weighted by molar-refractivity contribution is 5.38. The molecular formula is C5H9N5. The van der Waals surface area contributed by atoms with Crippen LogP contribution in [-0.2, 0) is 0 Å². The predicted octanol–water partition coefficient (Wildman–Crippen LogP) is -0.440. The second-order valence-electron chi connectivity index (χ2n) is 1.99. The summed E-state index contributed by atoms with van der Waals surface area (Å²) >= 11 is 0. The van der Waals surface area contributed by atoms with Gasteiger partial charge in [0.2, 0.25) is 0 Å². The van der Waals surface area contributed by atoms with E-state index in [1.807, 2.05) is 6.92 Å². The van der Waals surface area contributed by atoms with Gasteiger partial charge in [-0.2, -0.15) is 5.21 Å². The third-order valence-electron chi connectivity index (χ3n) is 0.911. The van der Waals surface area contributed by atoms with E-state index in [9.17, 15) is 0 Å². The van der Waals surface area contributed by atoms with Gasteiger partial charge in [-0.25, -0.2) is 0 Å². The van der Waals surface area contributed by atoms with Gasteiger partial charge in [0.1, 0.15) is 0 Å². The van der Waals surface area contributed by atoms with Crippen molar-refractivity contribution in [3.8, 4) is 0 Å². The highest BCUT2D eigenvalue weighted by atomic mass is 15.5. The molecule has 0 spiro atoms. The molecule has 10 heavy (non-hydrogen) atoms. The van der Waals surface area contributed by atoms with Crippen molar-refractivity contribution in [3.63, 3.8) is 0 Å². The van der Waals surface area contributed by atoms with Gasteiger partial charge in [-0.1, -0.05) is 6.08 Å². The van der Waals surface area contributed by atoms with Gasteiger partial charge in [0.15, 0.2) is 5.82 Å². The summed E-state index contributed by atoms with van der Waals surface area (Å²) in [6.45, 7) is 1.87. The molecule has 1 heterocycles. The molecule has 0 aromatic carbocycles. The van der Waals surface area contributed by atoms with Crippen molar-refractivity contribution in [1.29, 1.82) is 0 Å². The number of H-pyrrole nitrogens is 1. The van der Waals surface area contributed by atoms with Crippen molar-refractivity contribution in [2.75, 3.05) is 0 Å². The second kappa shape index (κ2) is 3.07. The lowest BCUT2D eigenvalue weighted by atomic mass is 10.3. The minimum Gasteiger partial charge on any atom is -0.325 e. The van der Waals surface area contributed by atoms with Gasteiger partial charge in [-0.3, -0.25) is 0 Å². The average Bonchev–Trinajstić information content (AvgIpc) is 2.34. The lowest BCUT2D eigenvalue weighted by Crippen LogP contribution is -2.09. The van der Waals surface area contributed by atoms with E-state index in [2.05, 4.69) is 20.6 Å². The first-order chi connectivity index (χ1) is 4.79. The summed E-state index contributed by atoms with van der Waals surface area (Å²) in [6, 6.07) is 0.0264. The van der Waals surface area contributed by atoms with E-state index in [4.69, 9.17) is 5.73 Å². The third-order valence-corrected chi connectivity index (χ3v) is 0.911. The van der Waals surface area contributed by atoms with Crippen molar-refractivity contribution < 1.29 is 0 Å². The van der Waals surface area contributed by atoms with Crippen molar-refractivity contribution in [1.82, 2.24) is 20.6 Å². The molecule has 0 radical (unpaired) electrons. The summed E-state index contributed by atoms with van der Waals surface area (Å²) in [5.74, 6) is 0.553. The van der Waals surface area contributed by atoms with Gasteiger partial charge in [0, 0.05) is 6.04 Å². The molecule has 0 bridgehead atoms. The molecule has 0 fully saturated rings. The Kier molecular flexibility index (Phi) is 2.11. The first kappa shape index (κ1) is 6.88. The summed E-state index contributed by atoms with van der Waals surface area (Å²) in [5, 5.41) is 13.1. The van der Waals surface area contributed by atoms with Crippen LogP contribution in [0.3, 0.4) is 0 Å². The molecule has 0 saturated carbocycles. The fourth-order valence-electron chi connectivity index (χ4n) is 0.478. The number of tetrazole rings is 1. The van der Waals surface area contributed by atoms with Crippen LogP contribution in [-0.4, -0.2) is 26.7 Å². The number of aromatic amines is 1. The minimum absolute atomic E-state index is 0.0264. The number of rotatable bonds is 2. The van der Waals surface area contributed by atoms with Crippen molar-refractivity contribution in [2.45, 2.75) is 13.0 Å². The maximum absolute atomic E-state index is 5.44. The number of nitrogens with two attached hydrogens (primary N) is 1. The molecule has 1 aromatic heterocycles. The molecule has 5 heteroatoms. The maximum atomic E-state index is 5.44. The van der Waals surface area contributed by atoms with Crippen LogP contribution in [0.4, 0.5) is 0 Å². The van der Waals surface area contributed by atoms with Gasteiger partial charge in [-0.05, 0) is 18.2 Å². The zero-order chi connectivity index (χ0) is 7.40. The maximum Gasteiger partial charge on any atom is 0.197 e. The Morgan fingerprint density at radius 3 is 3.00 bits per heavy atom. The fraction of sp³-hybridized carbons (Fsp3) is 0.400. The molecular weight excluding hydrogens is 130 g/mol. The van der Waals surface area contributed by atoms with Gasteiger partial charge in [0.05, 0.1) is 0 Å². The third kappa shape index (κ3) is 1.94. The number of hydrogen-bond donors (Lipinski definition) is 2. The molecule has 0 saturated heterocycles. The highest BCUT2D eigenvalue weighted by Crippen LogP contribution is 1.88. The summed E-state index contributed by atoms with van der Waals surface area (Å²) in [7, 11) is 0. The number of nitrogens with one attached hydrogen (secondary N) is 1. The van der Waals surface area contributed by atoms with Crippen LogP contribution < -0.4 is 5.73 Å². The standard InChI is InChI=1S/C5H9N5/c1-4(6)2-3-5-7-9-10-8-5/h2-4H,6H2,1H3,(H,7,8,9,10)/b3-2+. The molecule has 3 N–H and O–H groups in total. The molecule has 1 aromatic rings. The van der Waals surface area contributed by atoms with Gasteiger partial charge >= 0.3 is 0 Å². The van der Waals surface area contributed by atoms with Crippen LogP contribution >= 0.6 is 0 Å². The number of hydrogen-bond acceptors (Lipinski definition) is 4. The van der Waals surface area contributed by atoms with E-state index in [0.29, 0.717) is 5.82 Å². The topological polar surface area (TPSA) is 80.5 Å². The zero-order valence-electron chi connectivity index (χ0n) is 5.65. The Hall–Kier alpha value is -1.23. The largest absolute Gasteiger partial charge is 0.325 e. The van der Waals surface area contributed by atoms with Crippen LogP contribution in [0.5, 0.6) is 0 Å². The van der Waals surface area contributed by atoms with Crippen LogP contribution in [0.15, 0.2) is 6.08 Å². The number of aromatic nitrogens is 4. The molecule has 1 atom stereocenters. The van der Waals surface area contributed by atoms with Crippen molar-refractivity contribution >= 4 is 6.08 Å². The van der Waals surface area contributed by atoms with Gasteiger partial charge < -0.3 is 5.73 Å². The number of nitrogens with zero attached hydrogens (tertiary/aromatic N) is 3. The first-order valence-corrected chi connectivity index (χ1v) is 2.96. The van der Waals surface area contributed by atoms with Crippen LogP contribution in [0.2, 0.25) is 0 Å². The Labute approximate surface area is 58.3 Å². The minimum atomic E-state index is 0.0264. The summed E-state index contributed by atoms with van der Waals surface area (Å²) in [5.41, 5.74) is 5.44. The summed E-state index contributed by atoms with van der Waals surface area (Å²) in [6.07, 6.45) is 3.51. The van der Waals surface area contributed by atoms with E-state index < -0.39 is 0 Å². The highest BCUT2D eigenvalue weighted by Gasteiger charge is 1.89. The van der Waals surface area contributed by atoms with Gasteiger partial charge in [-0.15, -0.1) is 10.2 Å². The van der Waals surface area contributed by atoms with Crippen LogP contribution in [0.25, 0.3) is 6.08 Å². The molecule has 1 unspecified atom stereocenters. The smallest absolute Gasteiger partial charge is 0.197 e. The molecule has 0 amide bonds. The van der Waals surface area contributed by atoms with E-state index >= 15 is 0 Å². The van der Waals surface area contributed by atoms with E-state index in [1.165, 1.54) is 0 Å². The zero-order valence-corrected chi connectivity index (χ0v) is 5.65. The Morgan fingerprint density at radius 1 is 1.70 bits per heavy atom. The lowest BCUT2D eigenvalue weighted by Gasteiger charge is -1.89. The quantitative estimate of drug-likeness (QED) is 0.582. The molecule has 5 nitrogen and oxygen atoms in total. The molecule has 0 aliphatic heterocycles. The normalized spacial score (nSPS) is 14.2. The molecule has 54 valence electrons. The van der Waals surface area contributed by atoms with Crippen molar-refractivity contribution in [2.24, 2.45) is 5.73 Å². The Morgan fingerprint density at radius 2 is 2.50 bits per heavy atom. The SMILES string of the molecule is CC(N)/C=C/c1nn[nH]n1. The second-order valence-corrected chi connectivity index (χ2v) is 1.99. The Bertz CT molecular complexity index is 200. The Balaban J connectivity index is 2.55. The first-order valence-electron chi connectivity index (χ1n) is 2.96. The molecule has 0 aliphatic carbocycles. The predicted molar refractivity (Wildman–Crippen MR) is 36.9 cm³/mol. The van der Waals surface area contributed by atoms with Crippen molar-refractivity contribution in [3.05, 3.63) is 11.9 Å². The summed E-state index contributed by atoms with van der Waals surface area (Å²) < 4.78 is 0. The van der Waals surface area contributed by atoms with Crippen LogP contribution in [0.1, 0.15) is 12.7 Å². The van der Waals surface area contributed by atoms with Crippen LogP contribution in [0, 0.1) is 0 Å². The van der Waals surface area contributed by atoms with Gasteiger partial charge in [0.25, 0.3) is 0 Å². The lowest BCUT2D eigenvalue weighted by molar-refractivity contribution is 0.881. The molecule has 0 aliphatic rings. The van der Waals surface area contributed by atoms with E-state index in [-0.39, 0.29) is 6.04 Å². The van der Waals surface area contributed by atoms with E-state index in [0.717, 1.165) is 0 Å². The fourth-order valence-corrected chi connectivity index (χ4v) is 0.478. The molecule has 1 rings (SSSR count). The summed E-state index contributed by atoms with van der Waals surface area (Å²) in [4.78, 5) is 0. The van der Waals surface area contributed by atoms with E-state index in [1.54, 1.807) is 12.2 Å².